The lowest BCUT2D eigenvalue weighted by Crippen LogP contribution is -2.33. The maximum absolute atomic E-state index is 13.4. The molecule has 1 N–H and O–H groups in total. The van der Waals surface area contributed by atoms with Crippen molar-refractivity contribution in [1.29, 1.82) is 0 Å². The minimum absolute atomic E-state index is 0.00318. The molecule has 7 heteroatoms. The Labute approximate surface area is 203 Å². The molecule has 176 valence electrons. The van der Waals surface area contributed by atoms with Gasteiger partial charge in [-0.3, -0.25) is 14.4 Å². The van der Waals surface area contributed by atoms with Crippen LogP contribution in [0.1, 0.15) is 46.8 Å². The lowest BCUT2D eigenvalue weighted by Gasteiger charge is -2.24. The van der Waals surface area contributed by atoms with Crippen LogP contribution < -0.4 is 10.2 Å². The number of anilines is 1. The van der Waals surface area contributed by atoms with Gasteiger partial charge in [-0.25, -0.2) is 9.97 Å². The predicted octanol–water partition coefficient (Wildman–Crippen LogP) is 4.57. The lowest BCUT2D eigenvalue weighted by molar-refractivity contribution is -0.117. The number of hydrogen-bond acceptors (Lipinski definition) is 5. The molecule has 4 rings (SSSR count). The van der Waals surface area contributed by atoms with Crippen LogP contribution in [-0.2, 0) is 11.3 Å². The molecule has 1 heterocycles. The Hall–Kier alpha value is -4.39. The van der Waals surface area contributed by atoms with Gasteiger partial charge in [0.1, 0.15) is 0 Å². The van der Waals surface area contributed by atoms with Crippen molar-refractivity contribution in [2.45, 2.75) is 32.9 Å². The second kappa shape index (κ2) is 10.7. The standard InChI is InChI=1S/C28H26N4O3/c1-19(2)31-28(35)23-9-5-10-24(16-23)32(26(34)17-25(33)27-29-13-6-14-30-27)18-20-11-12-21-7-3-4-8-22(21)15-20/h3-16,19H,17-18H2,1-2H3,(H,31,35). The van der Waals surface area contributed by atoms with Crippen LogP contribution in [0.25, 0.3) is 10.8 Å². The normalized spacial score (nSPS) is 10.8. The Morgan fingerprint density at radius 2 is 1.60 bits per heavy atom. The molecule has 0 spiro atoms. The molecule has 0 aliphatic heterocycles. The fourth-order valence-corrected chi connectivity index (χ4v) is 3.76. The molecule has 4 aromatic rings. The number of nitrogens with zero attached hydrogens (tertiary/aromatic N) is 3. The van der Waals surface area contributed by atoms with Gasteiger partial charge in [0.2, 0.25) is 11.7 Å². The SMILES string of the molecule is CC(C)NC(=O)c1cccc(N(Cc2ccc3ccccc3c2)C(=O)CC(=O)c2ncccn2)c1. The van der Waals surface area contributed by atoms with E-state index in [4.69, 9.17) is 0 Å². The van der Waals surface area contributed by atoms with Crippen LogP contribution in [-0.4, -0.2) is 33.6 Å². The third-order valence-electron chi connectivity index (χ3n) is 5.42. The van der Waals surface area contributed by atoms with Gasteiger partial charge in [-0.05, 0) is 60.5 Å². The summed E-state index contributed by atoms with van der Waals surface area (Å²) in [6, 6.07) is 22.4. The third-order valence-corrected chi connectivity index (χ3v) is 5.42. The zero-order valence-corrected chi connectivity index (χ0v) is 19.6. The quantitative estimate of drug-likeness (QED) is 0.303. The number of rotatable bonds is 8. The molecule has 0 bridgehead atoms. The van der Waals surface area contributed by atoms with E-state index >= 15 is 0 Å². The Bertz CT molecular complexity index is 1370. The Morgan fingerprint density at radius 1 is 0.857 bits per heavy atom. The molecule has 0 saturated heterocycles. The monoisotopic (exact) mass is 466 g/mol. The molecule has 0 aliphatic carbocycles. The average molecular weight is 467 g/mol. The average Bonchev–Trinajstić information content (AvgIpc) is 2.87. The first kappa shape index (κ1) is 23.8. The van der Waals surface area contributed by atoms with E-state index < -0.39 is 11.7 Å². The summed E-state index contributed by atoms with van der Waals surface area (Å²) in [6.45, 7) is 4.00. The number of amides is 2. The first-order chi connectivity index (χ1) is 16.9. The first-order valence-corrected chi connectivity index (χ1v) is 11.4. The maximum atomic E-state index is 13.4. The van der Waals surface area contributed by atoms with Gasteiger partial charge in [-0.15, -0.1) is 0 Å². The van der Waals surface area contributed by atoms with Gasteiger partial charge >= 0.3 is 0 Å². The van der Waals surface area contributed by atoms with E-state index in [0.29, 0.717) is 11.3 Å². The summed E-state index contributed by atoms with van der Waals surface area (Å²) in [5.74, 6) is -1.10. The number of aromatic nitrogens is 2. The predicted molar refractivity (Wildman–Crippen MR) is 135 cm³/mol. The van der Waals surface area contributed by atoms with Gasteiger partial charge in [-0.2, -0.15) is 0 Å². The van der Waals surface area contributed by atoms with Crippen molar-refractivity contribution in [3.63, 3.8) is 0 Å². The molecule has 1 aromatic heterocycles. The lowest BCUT2D eigenvalue weighted by atomic mass is 10.1. The van der Waals surface area contributed by atoms with Crippen LogP contribution in [0.4, 0.5) is 5.69 Å². The summed E-state index contributed by atoms with van der Waals surface area (Å²) >= 11 is 0. The van der Waals surface area contributed by atoms with E-state index in [-0.39, 0.29) is 30.7 Å². The minimum atomic E-state index is -0.465. The van der Waals surface area contributed by atoms with E-state index in [9.17, 15) is 14.4 Å². The summed E-state index contributed by atoms with van der Waals surface area (Å²) in [6.07, 6.45) is 2.54. The first-order valence-electron chi connectivity index (χ1n) is 11.4. The Kier molecular flexibility index (Phi) is 7.26. The molecule has 0 fully saturated rings. The molecule has 0 aliphatic rings. The highest BCUT2D eigenvalue weighted by atomic mass is 16.2. The zero-order valence-electron chi connectivity index (χ0n) is 19.6. The smallest absolute Gasteiger partial charge is 0.251 e. The highest BCUT2D eigenvalue weighted by Crippen LogP contribution is 2.23. The van der Waals surface area contributed by atoms with Crippen LogP contribution >= 0.6 is 0 Å². The summed E-state index contributed by atoms with van der Waals surface area (Å²) in [5, 5.41) is 5.01. The van der Waals surface area contributed by atoms with E-state index in [1.165, 1.54) is 17.3 Å². The summed E-state index contributed by atoms with van der Waals surface area (Å²) in [7, 11) is 0. The van der Waals surface area contributed by atoms with Crippen LogP contribution in [0.2, 0.25) is 0 Å². The van der Waals surface area contributed by atoms with Crippen LogP contribution in [0.15, 0.2) is 85.2 Å². The number of hydrogen-bond donors (Lipinski definition) is 1. The highest BCUT2D eigenvalue weighted by Gasteiger charge is 2.22. The van der Waals surface area contributed by atoms with Crippen molar-refractivity contribution in [1.82, 2.24) is 15.3 Å². The van der Waals surface area contributed by atoms with E-state index in [1.54, 1.807) is 30.3 Å². The van der Waals surface area contributed by atoms with Crippen molar-refractivity contribution < 1.29 is 14.4 Å². The molecule has 0 radical (unpaired) electrons. The number of nitrogens with one attached hydrogen (secondary N) is 1. The third kappa shape index (κ3) is 5.95. The second-order valence-corrected chi connectivity index (χ2v) is 8.51. The number of Topliss-reactive ketones (excluding diaryl/α,β-unsaturated/α-hetero) is 1. The molecule has 0 atom stereocenters. The molecule has 0 saturated carbocycles. The summed E-state index contributed by atoms with van der Waals surface area (Å²) in [4.78, 5) is 48.1. The number of fused-ring (bicyclic) bond motifs is 1. The molecular formula is C28H26N4O3. The molecule has 2 amide bonds. The number of ketones is 1. The van der Waals surface area contributed by atoms with Crippen molar-refractivity contribution in [2.75, 3.05) is 4.90 Å². The van der Waals surface area contributed by atoms with Gasteiger partial charge in [0, 0.05) is 29.7 Å². The molecule has 0 unspecified atom stereocenters. The molecule has 35 heavy (non-hydrogen) atoms. The fourth-order valence-electron chi connectivity index (χ4n) is 3.76. The van der Waals surface area contributed by atoms with E-state index in [0.717, 1.165) is 16.3 Å². The van der Waals surface area contributed by atoms with Gasteiger partial charge in [0.25, 0.3) is 5.91 Å². The van der Waals surface area contributed by atoms with Crippen molar-refractivity contribution in [2.24, 2.45) is 0 Å². The topological polar surface area (TPSA) is 92.3 Å². The minimum Gasteiger partial charge on any atom is -0.350 e. The summed E-state index contributed by atoms with van der Waals surface area (Å²) < 4.78 is 0. The number of benzene rings is 3. The van der Waals surface area contributed by atoms with Gasteiger partial charge in [0.05, 0.1) is 13.0 Å². The fraction of sp³-hybridized carbons (Fsp3) is 0.179. The number of carbonyl (C=O) groups excluding carboxylic acids is 3. The second-order valence-electron chi connectivity index (χ2n) is 8.51. The summed E-state index contributed by atoms with van der Waals surface area (Å²) in [5.41, 5.74) is 1.86. The van der Waals surface area contributed by atoms with Crippen molar-refractivity contribution >= 4 is 34.1 Å². The molecule has 3 aromatic carbocycles. The van der Waals surface area contributed by atoms with Crippen molar-refractivity contribution in [3.8, 4) is 0 Å². The van der Waals surface area contributed by atoms with E-state index in [2.05, 4.69) is 15.3 Å². The van der Waals surface area contributed by atoms with Crippen molar-refractivity contribution in [3.05, 3.63) is 102 Å². The Morgan fingerprint density at radius 3 is 2.34 bits per heavy atom. The highest BCUT2D eigenvalue weighted by molar-refractivity contribution is 6.10. The molecule has 7 nitrogen and oxygen atoms in total. The van der Waals surface area contributed by atoms with Gasteiger partial charge in [0.15, 0.2) is 5.82 Å². The Balaban J connectivity index is 1.66. The number of carbonyl (C=O) groups is 3. The van der Waals surface area contributed by atoms with Gasteiger partial charge in [-0.1, -0.05) is 42.5 Å². The van der Waals surface area contributed by atoms with Crippen LogP contribution in [0.3, 0.4) is 0 Å². The largest absolute Gasteiger partial charge is 0.350 e. The van der Waals surface area contributed by atoms with Crippen LogP contribution in [0, 0.1) is 0 Å². The zero-order chi connectivity index (χ0) is 24.8. The van der Waals surface area contributed by atoms with Crippen LogP contribution in [0.5, 0.6) is 0 Å². The maximum Gasteiger partial charge on any atom is 0.251 e. The van der Waals surface area contributed by atoms with Gasteiger partial charge < -0.3 is 10.2 Å². The van der Waals surface area contributed by atoms with E-state index in [1.807, 2.05) is 56.3 Å². The molecular weight excluding hydrogens is 440 g/mol.